The molecule has 0 spiro atoms. The minimum absolute atomic E-state index is 0.00169. The summed E-state index contributed by atoms with van der Waals surface area (Å²) in [6, 6.07) is -1.99. The van der Waals surface area contributed by atoms with E-state index < -0.39 is 133 Å². The summed E-state index contributed by atoms with van der Waals surface area (Å²) in [7, 11) is 0. The first-order chi connectivity index (χ1) is 31.6. The first kappa shape index (κ1) is 56.9. The van der Waals surface area contributed by atoms with Gasteiger partial charge in [0.15, 0.2) is 0 Å². The average molecular weight is 946 g/mol. The Morgan fingerprint density at radius 2 is 1.30 bits per heavy atom. The Kier molecular flexibility index (Phi) is 24.4. The molecule has 374 valence electrons. The van der Waals surface area contributed by atoms with Crippen LogP contribution in [-0.2, 0) is 54.4 Å². The number of unbranched alkanes of at least 4 members (excludes halogenated alkanes) is 1. The van der Waals surface area contributed by atoms with E-state index >= 15 is 0 Å². The number of nitrogens with two attached hydrogens (primary N) is 4. The van der Waals surface area contributed by atoms with Crippen LogP contribution in [0, 0.1) is 11.8 Å². The highest BCUT2D eigenvalue weighted by atomic mass is 16.4. The van der Waals surface area contributed by atoms with Crippen LogP contribution >= 0.6 is 0 Å². The highest BCUT2D eigenvalue weighted by Gasteiger charge is 2.41. The number of benzene rings is 1. The molecule has 23 heteroatoms. The van der Waals surface area contributed by atoms with Gasteiger partial charge in [0.1, 0.15) is 42.3 Å². The quantitative estimate of drug-likeness (QED) is 0.0340. The molecule has 23 nitrogen and oxygen atoms in total. The van der Waals surface area contributed by atoms with E-state index in [9.17, 15) is 58.2 Å². The molecule has 16 N–H and O–H groups in total. The van der Waals surface area contributed by atoms with Gasteiger partial charge in [-0.25, -0.2) is 4.79 Å². The van der Waals surface area contributed by atoms with Gasteiger partial charge in [0, 0.05) is 19.4 Å². The number of nitrogens with one attached hydrogen (secondary N) is 6. The number of hydrogen-bond donors (Lipinski definition) is 12. The number of carboxylic acids is 1. The molecule has 0 unspecified atom stereocenters. The van der Waals surface area contributed by atoms with Gasteiger partial charge in [-0.2, -0.15) is 0 Å². The molecule has 2 rings (SSSR count). The fraction of sp³-hybridized carbons (Fsp3) is 0.636. The normalized spacial score (nSPS) is 17.0. The zero-order chi connectivity index (χ0) is 50.4. The number of carbonyl (C=O) groups is 10. The number of primary amides is 2. The van der Waals surface area contributed by atoms with Crippen LogP contribution < -0.4 is 54.8 Å². The average Bonchev–Trinajstić information content (AvgIpc) is 3.77. The Balaban J connectivity index is 2.43. The van der Waals surface area contributed by atoms with Crippen LogP contribution in [0.3, 0.4) is 0 Å². The van der Waals surface area contributed by atoms with E-state index in [1.807, 2.05) is 20.8 Å². The van der Waals surface area contributed by atoms with Crippen LogP contribution in [-0.4, -0.2) is 142 Å². The Labute approximate surface area is 390 Å². The predicted molar refractivity (Wildman–Crippen MR) is 243 cm³/mol. The van der Waals surface area contributed by atoms with Gasteiger partial charge in [0.05, 0.1) is 19.1 Å². The number of nitrogens with zero attached hydrogens (tertiary/aromatic N) is 1. The Bertz CT molecular complexity index is 1870. The minimum Gasteiger partial charge on any atom is -0.480 e. The third-order valence-corrected chi connectivity index (χ3v) is 11.3. The maximum Gasteiger partial charge on any atom is 0.326 e. The number of aliphatic hydroxyl groups is 1. The lowest BCUT2D eigenvalue weighted by molar-refractivity contribution is -0.144. The van der Waals surface area contributed by atoms with E-state index in [2.05, 4.69) is 31.9 Å². The smallest absolute Gasteiger partial charge is 0.326 e. The van der Waals surface area contributed by atoms with E-state index in [1.165, 1.54) is 4.90 Å². The van der Waals surface area contributed by atoms with Crippen molar-refractivity contribution in [3.05, 3.63) is 35.9 Å². The second-order valence-corrected chi connectivity index (χ2v) is 17.3. The minimum atomic E-state index is -1.67. The van der Waals surface area contributed by atoms with Crippen molar-refractivity contribution >= 4 is 59.1 Å². The summed E-state index contributed by atoms with van der Waals surface area (Å²) in [4.78, 5) is 132. The van der Waals surface area contributed by atoms with Crippen molar-refractivity contribution in [2.24, 2.45) is 34.8 Å². The third kappa shape index (κ3) is 19.3. The number of carbonyl (C=O) groups excluding carboxylic acids is 9. The Hall–Kier alpha value is -6.20. The molecule has 1 aliphatic rings. The molecule has 9 atom stereocenters. The van der Waals surface area contributed by atoms with Crippen molar-refractivity contribution in [3.8, 4) is 0 Å². The van der Waals surface area contributed by atoms with Crippen LogP contribution in [0.1, 0.15) is 97.5 Å². The number of likely N-dealkylation sites (tertiary alicyclic amines) is 1. The summed E-state index contributed by atoms with van der Waals surface area (Å²) < 4.78 is 0. The lowest BCUT2D eigenvalue weighted by Crippen LogP contribution is -2.61. The van der Waals surface area contributed by atoms with Crippen molar-refractivity contribution in [2.75, 3.05) is 19.7 Å². The van der Waals surface area contributed by atoms with Gasteiger partial charge in [0.2, 0.25) is 53.2 Å². The molecule has 1 aromatic rings. The monoisotopic (exact) mass is 946 g/mol. The SMILES string of the molecule is CC[C@H](C)[C@H](NC(=O)[C@@H]1CCCN1C(=O)[C@H](Cc1ccccc1)NC(=O)[C@H](CCCCN)NC(=O)[C@H](CCC(N)=O)NC(=O)[C@H](CO)NC(=O)[C@@H](N)CC(N)=O)C(=O)N[C@@H](CC(C)C)C(=O)O. The zero-order valence-electron chi connectivity index (χ0n) is 38.8. The largest absolute Gasteiger partial charge is 0.480 e. The molecule has 1 heterocycles. The molecule has 0 aromatic heterocycles. The van der Waals surface area contributed by atoms with E-state index in [-0.39, 0.29) is 51.1 Å². The molecule has 1 fully saturated rings. The van der Waals surface area contributed by atoms with E-state index in [4.69, 9.17) is 22.9 Å². The highest BCUT2D eigenvalue weighted by Crippen LogP contribution is 2.22. The lowest BCUT2D eigenvalue weighted by Gasteiger charge is -2.32. The van der Waals surface area contributed by atoms with Gasteiger partial charge in [-0.3, -0.25) is 43.2 Å². The predicted octanol–water partition coefficient (Wildman–Crippen LogP) is -3.10. The van der Waals surface area contributed by atoms with Crippen molar-refractivity contribution in [3.63, 3.8) is 0 Å². The summed E-state index contributed by atoms with van der Waals surface area (Å²) in [5.41, 5.74) is 22.5. The van der Waals surface area contributed by atoms with Gasteiger partial charge >= 0.3 is 5.97 Å². The molecule has 1 aliphatic heterocycles. The fourth-order valence-corrected chi connectivity index (χ4v) is 7.38. The number of hydrogen-bond acceptors (Lipinski definition) is 13. The molecule has 1 aromatic carbocycles. The van der Waals surface area contributed by atoms with Crippen molar-refractivity contribution in [1.82, 2.24) is 36.8 Å². The molecular formula is C44H71N11O12. The van der Waals surface area contributed by atoms with Crippen molar-refractivity contribution in [2.45, 2.75) is 147 Å². The summed E-state index contributed by atoms with van der Waals surface area (Å²) >= 11 is 0. The molecule has 67 heavy (non-hydrogen) atoms. The van der Waals surface area contributed by atoms with Crippen LogP contribution in [0.15, 0.2) is 30.3 Å². The molecule has 0 saturated carbocycles. The second kappa shape index (κ2) is 28.8. The topological polar surface area (TPSA) is 391 Å². The maximum atomic E-state index is 14.6. The van der Waals surface area contributed by atoms with Gasteiger partial charge in [-0.05, 0) is 68.9 Å². The van der Waals surface area contributed by atoms with Crippen LogP contribution in [0.2, 0.25) is 0 Å². The van der Waals surface area contributed by atoms with E-state index in [1.54, 1.807) is 37.3 Å². The Morgan fingerprint density at radius 3 is 1.84 bits per heavy atom. The molecule has 0 bridgehead atoms. The highest BCUT2D eigenvalue weighted by molar-refractivity contribution is 5.98. The molecule has 1 saturated heterocycles. The van der Waals surface area contributed by atoms with Gasteiger partial charge in [-0.15, -0.1) is 0 Å². The van der Waals surface area contributed by atoms with Crippen molar-refractivity contribution < 1.29 is 58.2 Å². The Morgan fingerprint density at radius 1 is 0.731 bits per heavy atom. The van der Waals surface area contributed by atoms with E-state index in [0.717, 1.165) is 0 Å². The second-order valence-electron chi connectivity index (χ2n) is 17.3. The number of amides is 9. The molecule has 0 radical (unpaired) electrons. The third-order valence-electron chi connectivity index (χ3n) is 11.3. The summed E-state index contributed by atoms with van der Waals surface area (Å²) in [6.07, 6.45) is 0.597. The summed E-state index contributed by atoms with van der Waals surface area (Å²) in [5, 5.41) is 34.8. The zero-order valence-corrected chi connectivity index (χ0v) is 38.8. The number of aliphatic carboxylic acids is 1. The molecule has 0 aliphatic carbocycles. The number of rotatable bonds is 30. The van der Waals surface area contributed by atoms with Crippen LogP contribution in [0.5, 0.6) is 0 Å². The molecule has 9 amide bonds. The lowest BCUT2D eigenvalue weighted by atomic mass is 9.96. The summed E-state index contributed by atoms with van der Waals surface area (Å²) in [6.45, 7) is 6.58. The first-order valence-electron chi connectivity index (χ1n) is 22.7. The van der Waals surface area contributed by atoms with Gasteiger partial charge < -0.3 is 69.9 Å². The standard InChI is InChI=1S/C44H71N11O12/c1-5-25(4)36(42(64)52-31(44(66)67)20-24(2)3)54-41(63)33-15-11-19-55(33)43(65)30(21-26-12-7-6-8-13-26)51-38(60)28(14-9-10-18-45)49-39(61)29(16-17-34(47)57)50-40(62)32(23-56)53-37(59)27(46)22-35(48)58/h6-8,12-13,24-25,27-33,36,56H,5,9-11,14-23,45-46H2,1-4H3,(H2,47,57)(H2,48,58)(H,49,61)(H,50,62)(H,51,60)(H,52,64)(H,53,59)(H,54,63)(H,66,67)/t25-,27-,28-,29-,30-,31-,32-,33-,36-/m0/s1. The van der Waals surface area contributed by atoms with Crippen molar-refractivity contribution in [1.29, 1.82) is 0 Å². The fourth-order valence-electron chi connectivity index (χ4n) is 7.38. The van der Waals surface area contributed by atoms with E-state index in [0.29, 0.717) is 31.2 Å². The number of aliphatic hydroxyl groups excluding tert-OH is 1. The van der Waals surface area contributed by atoms with Crippen LogP contribution in [0.25, 0.3) is 0 Å². The maximum absolute atomic E-state index is 14.6. The molecular weight excluding hydrogens is 875 g/mol. The summed E-state index contributed by atoms with van der Waals surface area (Å²) in [5.74, 6) is -9.23. The van der Waals surface area contributed by atoms with Gasteiger partial charge in [-0.1, -0.05) is 64.4 Å². The van der Waals surface area contributed by atoms with Gasteiger partial charge in [0.25, 0.3) is 0 Å². The first-order valence-corrected chi connectivity index (χ1v) is 22.7. The van der Waals surface area contributed by atoms with Crippen LogP contribution in [0.4, 0.5) is 0 Å². The number of carboxylic acid groups (broad SMARTS) is 1.